The SMILES string of the molecule is Cl.O=C(N[C@@H]1CN2CCC1CC2)c1cccc2oc(Cc3ccccc3)nc12. The van der Waals surface area contributed by atoms with Crippen molar-refractivity contribution in [2.24, 2.45) is 5.92 Å². The highest BCUT2D eigenvalue weighted by atomic mass is 35.5. The van der Waals surface area contributed by atoms with Crippen LogP contribution < -0.4 is 5.32 Å². The normalized spacial score (nSPS) is 23.4. The lowest BCUT2D eigenvalue weighted by atomic mass is 9.84. The van der Waals surface area contributed by atoms with Gasteiger partial charge >= 0.3 is 0 Å². The minimum Gasteiger partial charge on any atom is -0.440 e. The number of carbonyl (C=O) groups is 1. The number of benzene rings is 2. The van der Waals surface area contributed by atoms with Crippen molar-refractivity contribution in [2.45, 2.75) is 25.3 Å². The third kappa shape index (κ3) is 3.64. The van der Waals surface area contributed by atoms with E-state index in [0.717, 1.165) is 12.1 Å². The van der Waals surface area contributed by atoms with Crippen LogP contribution in [0.2, 0.25) is 0 Å². The van der Waals surface area contributed by atoms with Crippen LogP contribution in [0.25, 0.3) is 11.1 Å². The fourth-order valence-corrected chi connectivity index (χ4v) is 4.40. The van der Waals surface area contributed by atoms with Crippen molar-refractivity contribution < 1.29 is 9.21 Å². The van der Waals surface area contributed by atoms with E-state index < -0.39 is 0 Å². The van der Waals surface area contributed by atoms with Gasteiger partial charge in [-0.05, 0) is 49.5 Å². The van der Waals surface area contributed by atoms with Gasteiger partial charge in [0, 0.05) is 19.0 Å². The molecular weight excluding hydrogens is 374 g/mol. The van der Waals surface area contributed by atoms with Crippen LogP contribution in [0, 0.1) is 5.92 Å². The molecule has 28 heavy (non-hydrogen) atoms. The van der Waals surface area contributed by atoms with E-state index in [4.69, 9.17) is 4.42 Å². The Labute approximate surface area is 170 Å². The summed E-state index contributed by atoms with van der Waals surface area (Å²) >= 11 is 0. The Hall–Kier alpha value is -2.37. The van der Waals surface area contributed by atoms with Gasteiger partial charge in [0.25, 0.3) is 5.91 Å². The number of halogens is 1. The zero-order chi connectivity index (χ0) is 18.2. The minimum absolute atomic E-state index is 0. The molecule has 6 rings (SSSR count). The molecular formula is C22H24ClN3O2. The Balaban J connectivity index is 0.00000192. The number of hydrogen-bond donors (Lipinski definition) is 1. The molecule has 2 bridgehead atoms. The van der Waals surface area contributed by atoms with Crippen molar-refractivity contribution in [1.82, 2.24) is 15.2 Å². The largest absolute Gasteiger partial charge is 0.440 e. The average molecular weight is 398 g/mol. The summed E-state index contributed by atoms with van der Waals surface area (Å²) < 4.78 is 5.90. The lowest BCUT2D eigenvalue weighted by Crippen LogP contribution is -2.57. The van der Waals surface area contributed by atoms with Gasteiger partial charge in [-0.3, -0.25) is 4.79 Å². The Morgan fingerprint density at radius 2 is 1.89 bits per heavy atom. The molecule has 0 unspecified atom stereocenters. The van der Waals surface area contributed by atoms with E-state index >= 15 is 0 Å². The van der Waals surface area contributed by atoms with Gasteiger partial charge < -0.3 is 14.6 Å². The maximum atomic E-state index is 13.0. The van der Waals surface area contributed by atoms with E-state index in [-0.39, 0.29) is 24.4 Å². The zero-order valence-corrected chi connectivity index (χ0v) is 16.5. The topological polar surface area (TPSA) is 58.4 Å². The van der Waals surface area contributed by atoms with Gasteiger partial charge in [0.2, 0.25) is 0 Å². The Bertz CT molecular complexity index is 964. The van der Waals surface area contributed by atoms with Crippen molar-refractivity contribution in [2.75, 3.05) is 19.6 Å². The molecule has 146 valence electrons. The van der Waals surface area contributed by atoms with Gasteiger partial charge in [-0.2, -0.15) is 0 Å². The molecule has 1 N–H and O–H groups in total. The quantitative estimate of drug-likeness (QED) is 0.729. The summed E-state index contributed by atoms with van der Waals surface area (Å²) in [4.78, 5) is 20.0. The number of oxazole rings is 1. The van der Waals surface area contributed by atoms with Crippen molar-refractivity contribution in [1.29, 1.82) is 0 Å². The lowest BCUT2D eigenvalue weighted by molar-refractivity contribution is 0.0621. The standard InChI is InChI=1S/C22H23N3O2.ClH/c26-22(23-18-14-25-11-9-16(18)10-12-25)17-7-4-8-19-21(17)24-20(27-19)13-15-5-2-1-3-6-15;/h1-8,16,18H,9-14H2,(H,23,26);1H/t18-;/m1./s1. The second-order valence-electron chi connectivity index (χ2n) is 7.64. The first-order valence-corrected chi connectivity index (χ1v) is 9.72. The first-order chi connectivity index (χ1) is 13.3. The zero-order valence-electron chi connectivity index (χ0n) is 15.6. The average Bonchev–Trinajstić information content (AvgIpc) is 3.12. The Morgan fingerprint density at radius 3 is 2.61 bits per heavy atom. The van der Waals surface area contributed by atoms with Gasteiger partial charge in [0.1, 0.15) is 5.52 Å². The van der Waals surface area contributed by atoms with Crippen molar-refractivity contribution in [3.05, 3.63) is 65.5 Å². The van der Waals surface area contributed by atoms with Gasteiger partial charge in [-0.15, -0.1) is 12.4 Å². The summed E-state index contributed by atoms with van der Waals surface area (Å²) in [5, 5.41) is 3.26. The number of aromatic nitrogens is 1. The smallest absolute Gasteiger partial charge is 0.253 e. The first kappa shape index (κ1) is 19.0. The lowest BCUT2D eigenvalue weighted by Gasteiger charge is -2.44. The van der Waals surface area contributed by atoms with Crippen LogP contribution in [0.1, 0.15) is 34.7 Å². The summed E-state index contributed by atoms with van der Waals surface area (Å²) in [7, 11) is 0. The molecule has 1 atom stereocenters. The number of fused-ring (bicyclic) bond motifs is 4. The second-order valence-corrected chi connectivity index (χ2v) is 7.64. The molecule has 0 aliphatic carbocycles. The molecule has 6 heteroatoms. The molecule has 0 saturated carbocycles. The fraction of sp³-hybridized carbons (Fsp3) is 0.364. The van der Waals surface area contributed by atoms with Gasteiger partial charge in [0.15, 0.2) is 11.5 Å². The first-order valence-electron chi connectivity index (χ1n) is 9.72. The summed E-state index contributed by atoms with van der Waals surface area (Å²) in [6.07, 6.45) is 2.98. The molecule has 3 saturated heterocycles. The number of rotatable bonds is 4. The monoisotopic (exact) mass is 397 g/mol. The molecule has 3 aliphatic heterocycles. The summed E-state index contributed by atoms with van der Waals surface area (Å²) in [6, 6.07) is 15.9. The van der Waals surface area contributed by atoms with Crippen molar-refractivity contribution >= 4 is 29.4 Å². The van der Waals surface area contributed by atoms with Crippen LogP contribution in [0.5, 0.6) is 0 Å². The van der Waals surface area contributed by atoms with Crippen LogP contribution in [0.3, 0.4) is 0 Å². The van der Waals surface area contributed by atoms with Crippen LogP contribution in [-0.4, -0.2) is 41.5 Å². The highest BCUT2D eigenvalue weighted by Crippen LogP contribution is 2.28. The van der Waals surface area contributed by atoms with E-state index in [1.54, 1.807) is 0 Å². The number of carbonyl (C=O) groups excluding carboxylic acids is 1. The van der Waals surface area contributed by atoms with Crippen molar-refractivity contribution in [3.63, 3.8) is 0 Å². The van der Waals surface area contributed by atoms with Crippen molar-refractivity contribution in [3.8, 4) is 0 Å². The number of piperidine rings is 3. The molecule has 1 amide bonds. The molecule has 4 heterocycles. The molecule has 3 aliphatic rings. The van der Waals surface area contributed by atoms with E-state index in [9.17, 15) is 4.79 Å². The molecule has 3 fully saturated rings. The van der Waals surface area contributed by atoms with Gasteiger partial charge in [-0.1, -0.05) is 36.4 Å². The molecule has 3 aromatic rings. The van der Waals surface area contributed by atoms with E-state index in [0.29, 0.717) is 34.9 Å². The molecule has 2 aromatic carbocycles. The second kappa shape index (κ2) is 7.94. The molecule has 5 nitrogen and oxygen atoms in total. The number of hydrogen-bond acceptors (Lipinski definition) is 4. The highest BCUT2D eigenvalue weighted by molar-refractivity contribution is 6.04. The summed E-state index contributed by atoms with van der Waals surface area (Å²) in [6.45, 7) is 3.29. The number of nitrogens with zero attached hydrogens (tertiary/aromatic N) is 2. The van der Waals surface area contributed by atoms with Gasteiger partial charge in [-0.25, -0.2) is 4.98 Å². The predicted octanol–water partition coefficient (Wildman–Crippen LogP) is 3.66. The Morgan fingerprint density at radius 1 is 1.11 bits per heavy atom. The Kier molecular flexibility index (Phi) is 5.38. The predicted molar refractivity (Wildman–Crippen MR) is 111 cm³/mol. The summed E-state index contributed by atoms with van der Waals surface area (Å²) in [5.74, 6) is 1.20. The molecule has 0 spiro atoms. The van der Waals surface area contributed by atoms with Crippen LogP contribution in [-0.2, 0) is 6.42 Å². The van der Waals surface area contributed by atoms with Crippen LogP contribution >= 0.6 is 12.4 Å². The van der Waals surface area contributed by atoms with E-state index in [2.05, 4.69) is 27.3 Å². The van der Waals surface area contributed by atoms with Crippen LogP contribution in [0.15, 0.2) is 52.9 Å². The molecule has 0 radical (unpaired) electrons. The third-order valence-corrected chi connectivity index (χ3v) is 5.88. The summed E-state index contributed by atoms with van der Waals surface area (Å²) in [5.41, 5.74) is 3.07. The van der Waals surface area contributed by atoms with Crippen LogP contribution in [0.4, 0.5) is 0 Å². The fourth-order valence-electron chi connectivity index (χ4n) is 4.40. The highest BCUT2D eigenvalue weighted by Gasteiger charge is 2.35. The number of para-hydroxylation sites is 1. The van der Waals surface area contributed by atoms with E-state index in [1.165, 1.54) is 25.9 Å². The maximum Gasteiger partial charge on any atom is 0.253 e. The van der Waals surface area contributed by atoms with E-state index in [1.807, 2.05) is 36.4 Å². The van der Waals surface area contributed by atoms with Gasteiger partial charge in [0.05, 0.1) is 5.56 Å². The molecule has 1 aromatic heterocycles. The number of nitrogens with one attached hydrogen (secondary N) is 1. The third-order valence-electron chi connectivity index (χ3n) is 5.88. The maximum absolute atomic E-state index is 13.0. The minimum atomic E-state index is -0.0427. The number of amides is 1.